The van der Waals surface area contributed by atoms with Gasteiger partial charge in [-0.15, -0.1) is 11.3 Å². The zero-order valence-electron chi connectivity index (χ0n) is 13.3. The molecule has 4 heterocycles. The molecule has 2 aromatic rings. The number of anilines is 1. The van der Waals surface area contributed by atoms with Crippen LogP contribution in [0, 0.1) is 17.8 Å². The molecule has 2 N–H and O–H groups in total. The Labute approximate surface area is 143 Å². The molecule has 126 valence electrons. The quantitative estimate of drug-likeness (QED) is 0.889. The van der Waals surface area contributed by atoms with E-state index in [1.807, 2.05) is 18.5 Å². The summed E-state index contributed by atoms with van der Waals surface area (Å²) in [6.07, 6.45) is 4.98. The van der Waals surface area contributed by atoms with Gasteiger partial charge in [-0.05, 0) is 30.7 Å². The highest BCUT2D eigenvalue weighted by atomic mass is 32.1. The van der Waals surface area contributed by atoms with Crippen molar-refractivity contribution < 1.29 is 9.53 Å². The molecule has 5 atom stereocenters. The van der Waals surface area contributed by atoms with E-state index in [0.717, 1.165) is 29.6 Å². The molecule has 24 heavy (non-hydrogen) atoms. The number of nitrogens with zero attached hydrogens (tertiary/aromatic N) is 3. The molecule has 2 saturated heterocycles. The van der Waals surface area contributed by atoms with Crippen LogP contribution < -0.4 is 10.6 Å². The highest BCUT2D eigenvalue weighted by molar-refractivity contribution is 7.14. The van der Waals surface area contributed by atoms with Gasteiger partial charge in [-0.3, -0.25) is 10.00 Å². The second kappa shape index (κ2) is 5.29. The topological polar surface area (TPSA) is 81.1 Å². The number of nitrogens with one attached hydrogen (secondary N) is 2. The Bertz CT molecular complexity index is 787. The first kappa shape index (κ1) is 14.4. The molecule has 0 radical (unpaired) electrons. The van der Waals surface area contributed by atoms with E-state index in [9.17, 15) is 4.79 Å². The Kier molecular flexibility index (Phi) is 3.18. The maximum atomic E-state index is 12.1. The number of rotatable bonds is 4. The first-order valence-electron chi connectivity index (χ1n) is 8.33. The van der Waals surface area contributed by atoms with E-state index in [1.165, 1.54) is 17.8 Å². The summed E-state index contributed by atoms with van der Waals surface area (Å²) in [5.74, 6) is 2.05. The van der Waals surface area contributed by atoms with Crippen LogP contribution in [0.25, 0.3) is 11.4 Å². The van der Waals surface area contributed by atoms with E-state index in [-0.39, 0.29) is 6.03 Å². The molecular formula is C16H19N5O2S. The molecule has 3 fully saturated rings. The van der Waals surface area contributed by atoms with Crippen molar-refractivity contribution in [2.75, 3.05) is 11.9 Å². The van der Waals surface area contributed by atoms with Gasteiger partial charge in [0.1, 0.15) is 5.69 Å². The molecule has 5 rings (SSSR count). The lowest BCUT2D eigenvalue weighted by molar-refractivity contribution is 0.0614. The van der Waals surface area contributed by atoms with Crippen LogP contribution in [0.3, 0.4) is 0 Å². The number of hydrogen-bond acceptors (Lipinski definition) is 5. The van der Waals surface area contributed by atoms with Gasteiger partial charge in [-0.2, -0.15) is 5.10 Å². The average molecular weight is 345 g/mol. The number of hydrogen-bond donors (Lipinski definition) is 2. The predicted molar refractivity (Wildman–Crippen MR) is 89.7 cm³/mol. The Morgan fingerprint density at radius 2 is 2.38 bits per heavy atom. The molecule has 0 spiro atoms. The Balaban J connectivity index is 1.16. The maximum absolute atomic E-state index is 12.1. The summed E-state index contributed by atoms with van der Waals surface area (Å²) in [5.41, 5.74) is 1.74. The first-order valence-corrected chi connectivity index (χ1v) is 9.21. The monoisotopic (exact) mass is 345 g/mol. The lowest BCUT2D eigenvalue weighted by Crippen LogP contribution is -2.36. The number of carbonyl (C=O) groups excluding carboxylic acids is 1. The van der Waals surface area contributed by atoms with Crippen molar-refractivity contribution in [2.24, 2.45) is 24.8 Å². The number of fused-ring (bicyclic) bond motifs is 5. The Morgan fingerprint density at radius 1 is 1.46 bits per heavy atom. The number of ether oxygens (including phenoxy) is 1. The van der Waals surface area contributed by atoms with Crippen molar-refractivity contribution >= 4 is 22.5 Å². The van der Waals surface area contributed by atoms with Crippen LogP contribution >= 0.6 is 11.3 Å². The van der Waals surface area contributed by atoms with Crippen LogP contribution in [0.5, 0.6) is 0 Å². The van der Waals surface area contributed by atoms with Gasteiger partial charge in [-0.1, -0.05) is 0 Å². The summed E-state index contributed by atoms with van der Waals surface area (Å²) >= 11 is 1.41. The molecular weight excluding hydrogens is 326 g/mol. The minimum Gasteiger partial charge on any atom is -0.374 e. The van der Waals surface area contributed by atoms with Crippen LogP contribution in [0.1, 0.15) is 12.8 Å². The second-order valence-electron chi connectivity index (χ2n) is 6.91. The molecule has 2 bridgehead atoms. The Morgan fingerprint density at radius 3 is 3.12 bits per heavy atom. The zero-order valence-corrected chi connectivity index (χ0v) is 14.1. The summed E-state index contributed by atoms with van der Waals surface area (Å²) in [4.78, 5) is 16.6. The third-order valence-corrected chi connectivity index (χ3v) is 6.21. The van der Waals surface area contributed by atoms with E-state index >= 15 is 0 Å². The highest BCUT2D eigenvalue weighted by Gasteiger charge is 2.62. The first-order chi connectivity index (χ1) is 11.7. The summed E-state index contributed by atoms with van der Waals surface area (Å²) in [6, 6.07) is 1.70. The minimum absolute atomic E-state index is 0.198. The minimum atomic E-state index is -0.198. The van der Waals surface area contributed by atoms with Crippen LogP contribution in [0.4, 0.5) is 9.93 Å². The number of thiazole rings is 1. The van der Waals surface area contributed by atoms with Gasteiger partial charge in [0.25, 0.3) is 0 Å². The standard InChI is InChI=1S/C16H19N5O2S/c1-21-12(2-3-18-21)11-7-24-16(19-11)20-15(22)17-6-8-4-13-9-5-10(9)14(8)23-13/h2-3,7-10,13-14H,4-6H2,1H3,(H2,17,19,20,22)/t8-,9+,10-,13-,14+/m0/s1. The lowest BCUT2D eigenvalue weighted by atomic mass is 9.89. The van der Waals surface area contributed by atoms with E-state index in [2.05, 4.69) is 20.7 Å². The smallest absolute Gasteiger partial charge is 0.321 e. The van der Waals surface area contributed by atoms with E-state index in [0.29, 0.717) is 29.8 Å². The van der Waals surface area contributed by atoms with Gasteiger partial charge in [0.15, 0.2) is 5.13 Å². The third kappa shape index (κ3) is 2.32. The van der Waals surface area contributed by atoms with Crippen molar-refractivity contribution in [3.8, 4) is 11.4 Å². The van der Waals surface area contributed by atoms with Gasteiger partial charge in [-0.25, -0.2) is 9.78 Å². The van der Waals surface area contributed by atoms with Crippen LogP contribution in [0.2, 0.25) is 0 Å². The molecule has 1 aliphatic carbocycles. The fraction of sp³-hybridized carbons (Fsp3) is 0.562. The number of aryl methyl sites for hydroxylation is 1. The lowest BCUT2D eigenvalue weighted by Gasteiger charge is -2.18. The van der Waals surface area contributed by atoms with Crippen molar-refractivity contribution in [3.05, 3.63) is 17.6 Å². The largest absolute Gasteiger partial charge is 0.374 e. The van der Waals surface area contributed by atoms with Crippen molar-refractivity contribution in [1.29, 1.82) is 0 Å². The molecule has 8 heteroatoms. The SMILES string of the molecule is Cn1nccc1-c1csc(NC(=O)NC[C@@H]2C[C@@H]3O[C@H]2[C@H]2C[C@H]23)n1. The number of carbonyl (C=O) groups is 1. The molecule has 2 aliphatic heterocycles. The molecule has 2 amide bonds. The molecule has 0 unspecified atom stereocenters. The Hall–Kier alpha value is -1.93. The van der Waals surface area contributed by atoms with Gasteiger partial charge >= 0.3 is 6.03 Å². The van der Waals surface area contributed by atoms with Crippen LogP contribution in [0.15, 0.2) is 17.6 Å². The number of amides is 2. The van der Waals surface area contributed by atoms with Crippen molar-refractivity contribution in [1.82, 2.24) is 20.1 Å². The van der Waals surface area contributed by atoms with E-state index < -0.39 is 0 Å². The molecule has 0 aromatic carbocycles. The van der Waals surface area contributed by atoms with Gasteiger partial charge in [0, 0.05) is 31.1 Å². The fourth-order valence-electron chi connectivity index (χ4n) is 4.21. The fourth-order valence-corrected chi connectivity index (χ4v) is 4.91. The van der Waals surface area contributed by atoms with Crippen molar-refractivity contribution in [3.63, 3.8) is 0 Å². The number of aromatic nitrogens is 3. The average Bonchev–Trinajstić information content (AvgIpc) is 2.94. The van der Waals surface area contributed by atoms with Crippen LogP contribution in [-0.4, -0.2) is 39.5 Å². The van der Waals surface area contributed by atoms with E-state index in [4.69, 9.17) is 4.74 Å². The summed E-state index contributed by atoms with van der Waals surface area (Å²) < 4.78 is 7.73. The summed E-state index contributed by atoms with van der Waals surface area (Å²) in [5, 5.41) is 12.4. The zero-order chi connectivity index (χ0) is 16.3. The maximum Gasteiger partial charge on any atom is 0.321 e. The normalized spacial score (nSPS) is 32.6. The molecule has 3 aliphatic rings. The van der Waals surface area contributed by atoms with Crippen molar-refractivity contribution in [2.45, 2.75) is 25.0 Å². The van der Waals surface area contributed by atoms with E-state index in [1.54, 1.807) is 10.9 Å². The van der Waals surface area contributed by atoms with Crippen LogP contribution in [-0.2, 0) is 11.8 Å². The molecule has 1 saturated carbocycles. The number of urea groups is 1. The second-order valence-corrected chi connectivity index (χ2v) is 7.77. The predicted octanol–water partition coefficient (Wildman–Crippen LogP) is 2.09. The van der Waals surface area contributed by atoms with Gasteiger partial charge in [0.05, 0.1) is 17.9 Å². The molecule has 7 nitrogen and oxygen atoms in total. The molecule has 2 aromatic heterocycles. The van der Waals surface area contributed by atoms with Gasteiger partial charge in [0.2, 0.25) is 0 Å². The summed E-state index contributed by atoms with van der Waals surface area (Å²) in [6.45, 7) is 0.677. The van der Waals surface area contributed by atoms with Gasteiger partial charge < -0.3 is 10.1 Å². The summed E-state index contributed by atoms with van der Waals surface area (Å²) in [7, 11) is 1.87. The highest BCUT2D eigenvalue weighted by Crippen LogP contribution is 2.60. The third-order valence-electron chi connectivity index (χ3n) is 5.46.